The van der Waals surface area contributed by atoms with Gasteiger partial charge in [0.05, 0.1) is 31.6 Å². The lowest BCUT2D eigenvalue weighted by atomic mass is 10.0. The van der Waals surface area contributed by atoms with Crippen molar-refractivity contribution >= 4 is 23.3 Å². The van der Waals surface area contributed by atoms with E-state index in [1.165, 1.54) is 19.3 Å². The summed E-state index contributed by atoms with van der Waals surface area (Å²) in [5.74, 6) is 0.630. The summed E-state index contributed by atoms with van der Waals surface area (Å²) in [5.41, 5.74) is 1.33. The molecule has 0 bridgehead atoms. The van der Waals surface area contributed by atoms with E-state index in [1.54, 1.807) is 16.7 Å². The lowest BCUT2D eigenvalue weighted by molar-refractivity contribution is -0.138. The van der Waals surface area contributed by atoms with Crippen LogP contribution in [-0.2, 0) is 17.5 Å². The van der Waals surface area contributed by atoms with Gasteiger partial charge < -0.3 is 14.2 Å². The predicted octanol–water partition coefficient (Wildman–Crippen LogP) is 3.46. The van der Waals surface area contributed by atoms with Crippen LogP contribution in [0.5, 0.6) is 0 Å². The number of hydrogen-bond donors (Lipinski definition) is 0. The maximum absolute atomic E-state index is 13.2. The number of carbonyl (C=O) groups excluding carboxylic acids is 1. The van der Waals surface area contributed by atoms with Crippen molar-refractivity contribution in [2.75, 3.05) is 31.2 Å². The molecule has 6 nitrogen and oxygen atoms in total. The molecule has 0 aliphatic carbocycles. The Balaban J connectivity index is 1.76. The maximum Gasteiger partial charge on any atom is 0.416 e. The molecule has 152 valence electrons. The second-order valence-electron chi connectivity index (χ2n) is 6.92. The standard InChI is InChI=1S/C20H19F3N4O2/c1-13-14(3-2-4-16(13)20(21,22)23)10-27-12-24-18-15(11-28)9-17(25-19(18)27)26-5-7-29-8-6-26/h2-4,9,11-12H,5-8,10H2,1H3. The summed E-state index contributed by atoms with van der Waals surface area (Å²) in [5, 5.41) is 0. The van der Waals surface area contributed by atoms with Crippen LogP contribution in [0.2, 0.25) is 0 Å². The fourth-order valence-corrected chi connectivity index (χ4v) is 3.55. The van der Waals surface area contributed by atoms with Gasteiger partial charge in [0, 0.05) is 18.7 Å². The number of aromatic nitrogens is 3. The number of aldehydes is 1. The Morgan fingerprint density at radius 1 is 1.24 bits per heavy atom. The quantitative estimate of drug-likeness (QED) is 0.624. The number of nitrogens with zero attached hydrogens (tertiary/aromatic N) is 4. The number of ether oxygens (including phenoxy) is 1. The van der Waals surface area contributed by atoms with E-state index in [2.05, 4.69) is 9.97 Å². The lowest BCUT2D eigenvalue weighted by Gasteiger charge is -2.28. The van der Waals surface area contributed by atoms with Gasteiger partial charge in [-0.15, -0.1) is 0 Å². The summed E-state index contributed by atoms with van der Waals surface area (Å²) in [6.45, 7) is 4.07. The summed E-state index contributed by atoms with van der Waals surface area (Å²) in [6.07, 6.45) is -2.18. The third kappa shape index (κ3) is 3.69. The number of alkyl halides is 3. The van der Waals surface area contributed by atoms with Gasteiger partial charge >= 0.3 is 6.18 Å². The van der Waals surface area contributed by atoms with E-state index >= 15 is 0 Å². The van der Waals surface area contributed by atoms with E-state index in [9.17, 15) is 18.0 Å². The van der Waals surface area contributed by atoms with Crippen molar-refractivity contribution in [2.45, 2.75) is 19.6 Å². The molecule has 0 spiro atoms. The Bertz CT molecular complexity index is 1060. The smallest absolute Gasteiger partial charge is 0.378 e. The molecule has 0 N–H and O–H groups in total. The molecule has 4 rings (SSSR count). The number of pyridine rings is 1. The first kappa shape index (κ1) is 19.4. The van der Waals surface area contributed by atoms with Gasteiger partial charge in [-0.1, -0.05) is 12.1 Å². The molecule has 3 aromatic rings. The number of hydrogen-bond acceptors (Lipinski definition) is 5. The molecule has 29 heavy (non-hydrogen) atoms. The number of carbonyl (C=O) groups is 1. The third-order valence-electron chi connectivity index (χ3n) is 5.14. The van der Waals surface area contributed by atoms with E-state index < -0.39 is 11.7 Å². The van der Waals surface area contributed by atoms with Crippen LogP contribution in [-0.4, -0.2) is 47.1 Å². The molecule has 1 fully saturated rings. The van der Waals surface area contributed by atoms with Gasteiger partial charge in [0.25, 0.3) is 0 Å². The molecule has 0 saturated carbocycles. The number of anilines is 1. The summed E-state index contributed by atoms with van der Waals surface area (Å²) in [7, 11) is 0. The van der Waals surface area contributed by atoms with Crippen molar-refractivity contribution in [3.8, 4) is 0 Å². The SMILES string of the molecule is Cc1c(Cn2cnc3c(C=O)cc(N4CCOCC4)nc32)cccc1C(F)(F)F. The Hall–Kier alpha value is -2.94. The highest BCUT2D eigenvalue weighted by atomic mass is 19.4. The van der Waals surface area contributed by atoms with Crippen LogP contribution in [0.3, 0.4) is 0 Å². The fraction of sp³-hybridized carbons (Fsp3) is 0.350. The molecule has 0 atom stereocenters. The van der Waals surface area contributed by atoms with Crippen LogP contribution in [0.25, 0.3) is 11.2 Å². The van der Waals surface area contributed by atoms with Crippen LogP contribution in [0.15, 0.2) is 30.6 Å². The van der Waals surface area contributed by atoms with Crippen LogP contribution >= 0.6 is 0 Å². The molecule has 0 amide bonds. The van der Waals surface area contributed by atoms with E-state index in [1.807, 2.05) is 4.90 Å². The van der Waals surface area contributed by atoms with Crippen molar-refractivity contribution in [3.63, 3.8) is 0 Å². The molecule has 0 radical (unpaired) electrons. The lowest BCUT2D eigenvalue weighted by Crippen LogP contribution is -2.36. The first-order valence-corrected chi connectivity index (χ1v) is 9.18. The zero-order valence-corrected chi connectivity index (χ0v) is 15.7. The Morgan fingerprint density at radius 2 is 2.00 bits per heavy atom. The molecule has 1 aromatic carbocycles. The largest absolute Gasteiger partial charge is 0.416 e. The number of rotatable bonds is 4. The number of halogens is 3. The number of fused-ring (bicyclic) bond motifs is 1. The summed E-state index contributed by atoms with van der Waals surface area (Å²) >= 11 is 0. The van der Waals surface area contributed by atoms with Gasteiger partial charge in [-0.2, -0.15) is 13.2 Å². The number of imidazole rings is 1. The topological polar surface area (TPSA) is 60.2 Å². The Morgan fingerprint density at radius 3 is 2.69 bits per heavy atom. The second-order valence-corrected chi connectivity index (χ2v) is 6.92. The van der Waals surface area contributed by atoms with Crippen LogP contribution in [0.1, 0.15) is 27.0 Å². The van der Waals surface area contributed by atoms with Crippen molar-refractivity contribution in [1.82, 2.24) is 14.5 Å². The average Bonchev–Trinajstić information content (AvgIpc) is 3.11. The molecule has 1 aliphatic heterocycles. The maximum atomic E-state index is 13.2. The van der Waals surface area contributed by atoms with Crippen molar-refractivity contribution < 1.29 is 22.7 Å². The minimum Gasteiger partial charge on any atom is -0.378 e. The first-order valence-electron chi connectivity index (χ1n) is 9.18. The van der Waals surface area contributed by atoms with Gasteiger partial charge in [0.1, 0.15) is 11.3 Å². The zero-order valence-electron chi connectivity index (χ0n) is 15.7. The fourth-order valence-electron chi connectivity index (χ4n) is 3.55. The van der Waals surface area contributed by atoms with Gasteiger partial charge in [-0.05, 0) is 30.2 Å². The average molecular weight is 404 g/mol. The number of morpholine rings is 1. The van der Waals surface area contributed by atoms with Crippen LogP contribution in [0.4, 0.5) is 19.0 Å². The molecule has 0 unspecified atom stereocenters. The van der Waals surface area contributed by atoms with Crippen molar-refractivity contribution in [3.05, 3.63) is 52.8 Å². The van der Waals surface area contributed by atoms with Gasteiger partial charge in [-0.3, -0.25) is 4.79 Å². The van der Waals surface area contributed by atoms with E-state index in [4.69, 9.17) is 4.74 Å². The summed E-state index contributed by atoms with van der Waals surface area (Å²) in [6, 6.07) is 5.81. The van der Waals surface area contributed by atoms with Gasteiger partial charge in [-0.25, -0.2) is 9.97 Å². The monoisotopic (exact) mass is 404 g/mol. The van der Waals surface area contributed by atoms with Crippen LogP contribution in [0, 0.1) is 6.92 Å². The molecular weight excluding hydrogens is 385 g/mol. The molecule has 1 aliphatic rings. The number of benzene rings is 1. The molecule has 1 saturated heterocycles. The molecule has 3 heterocycles. The normalized spacial score (nSPS) is 15.1. The predicted molar refractivity (Wildman–Crippen MR) is 101 cm³/mol. The second kappa shape index (κ2) is 7.47. The first-order chi connectivity index (χ1) is 13.9. The summed E-state index contributed by atoms with van der Waals surface area (Å²) < 4.78 is 46.7. The highest BCUT2D eigenvalue weighted by molar-refractivity contribution is 5.94. The van der Waals surface area contributed by atoms with Gasteiger partial charge in [0.2, 0.25) is 0 Å². The van der Waals surface area contributed by atoms with Gasteiger partial charge in [0.15, 0.2) is 11.9 Å². The Kier molecular flexibility index (Phi) is 4.99. The zero-order chi connectivity index (χ0) is 20.6. The van der Waals surface area contributed by atoms with Crippen molar-refractivity contribution in [2.24, 2.45) is 0 Å². The van der Waals surface area contributed by atoms with E-state index in [-0.39, 0.29) is 12.1 Å². The Labute approximate surface area is 164 Å². The van der Waals surface area contributed by atoms with Crippen LogP contribution < -0.4 is 4.90 Å². The highest BCUT2D eigenvalue weighted by Crippen LogP contribution is 2.33. The minimum atomic E-state index is -4.41. The van der Waals surface area contributed by atoms with Crippen molar-refractivity contribution in [1.29, 1.82) is 0 Å². The van der Waals surface area contributed by atoms with E-state index in [0.717, 1.165) is 12.4 Å². The summed E-state index contributed by atoms with van der Waals surface area (Å²) in [4.78, 5) is 22.5. The molecule has 2 aromatic heterocycles. The van der Waals surface area contributed by atoms with E-state index in [0.29, 0.717) is 54.4 Å². The highest BCUT2D eigenvalue weighted by Gasteiger charge is 2.32. The molecular formula is C20H19F3N4O2. The third-order valence-corrected chi connectivity index (χ3v) is 5.14. The molecule has 9 heteroatoms. The minimum absolute atomic E-state index is 0.168.